The second kappa shape index (κ2) is 12.0. The van der Waals surface area contributed by atoms with E-state index in [0.29, 0.717) is 17.4 Å². The first kappa shape index (κ1) is 24.5. The zero-order valence-corrected chi connectivity index (χ0v) is 17.1. The molecule has 8 nitrogen and oxygen atoms in total. The SMILES string of the molecule is CCCCCCC(O)C(COP(=O)([O-])OCC[N+](C)(C)C)NC(C)=O. The van der Waals surface area contributed by atoms with Crippen LogP contribution < -0.4 is 10.2 Å². The number of aliphatic hydroxyl groups is 1. The molecule has 0 aliphatic heterocycles. The second-order valence-electron chi connectivity index (χ2n) is 7.31. The van der Waals surface area contributed by atoms with Crippen LogP contribution in [0.1, 0.15) is 46.0 Å². The van der Waals surface area contributed by atoms with Crippen molar-refractivity contribution < 1.29 is 32.9 Å². The van der Waals surface area contributed by atoms with Gasteiger partial charge in [0.1, 0.15) is 13.2 Å². The van der Waals surface area contributed by atoms with Crippen molar-refractivity contribution in [2.45, 2.75) is 58.1 Å². The Morgan fingerprint density at radius 3 is 2.40 bits per heavy atom. The number of carbonyl (C=O) groups excluding carboxylic acids is 1. The van der Waals surface area contributed by atoms with Crippen molar-refractivity contribution in [3.05, 3.63) is 0 Å². The normalized spacial score (nSPS) is 16.9. The maximum Gasteiger partial charge on any atom is 0.268 e. The number of nitrogens with one attached hydrogen (secondary N) is 1. The number of nitrogens with zero attached hydrogens (tertiary/aromatic N) is 1. The fraction of sp³-hybridized carbons (Fsp3) is 0.938. The maximum atomic E-state index is 11.8. The van der Waals surface area contributed by atoms with Crippen molar-refractivity contribution in [2.24, 2.45) is 0 Å². The summed E-state index contributed by atoms with van der Waals surface area (Å²) in [5.41, 5.74) is 0. The van der Waals surface area contributed by atoms with Gasteiger partial charge in [-0.25, -0.2) is 0 Å². The Balaban J connectivity index is 4.44. The molecule has 0 radical (unpaired) electrons. The van der Waals surface area contributed by atoms with Gasteiger partial charge in [-0.05, 0) is 6.42 Å². The summed E-state index contributed by atoms with van der Waals surface area (Å²) in [6.45, 7) is 3.57. The minimum absolute atomic E-state index is 0.00858. The van der Waals surface area contributed by atoms with Crippen molar-refractivity contribution in [3.8, 4) is 0 Å². The molecule has 3 unspecified atom stereocenters. The Morgan fingerprint density at radius 2 is 1.88 bits per heavy atom. The molecule has 1 amide bonds. The molecule has 0 bridgehead atoms. The van der Waals surface area contributed by atoms with Crippen LogP contribution in [0.25, 0.3) is 0 Å². The van der Waals surface area contributed by atoms with Gasteiger partial charge in [-0.2, -0.15) is 0 Å². The van der Waals surface area contributed by atoms with Crippen molar-refractivity contribution in [2.75, 3.05) is 40.9 Å². The highest BCUT2D eigenvalue weighted by Crippen LogP contribution is 2.38. The Kier molecular flexibility index (Phi) is 11.8. The summed E-state index contributed by atoms with van der Waals surface area (Å²) >= 11 is 0. The quantitative estimate of drug-likeness (QED) is 0.264. The van der Waals surface area contributed by atoms with Gasteiger partial charge in [0.2, 0.25) is 5.91 Å². The first-order chi connectivity index (χ1) is 11.5. The number of phosphoric acid groups is 1. The minimum atomic E-state index is -4.47. The first-order valence-electron chi connectivity index (χ1n) is 8.82. The average molecular weight is 382 g/mol. The lowest BCUT2D eigenvalue weighted by molar-refractivity contribution is -0.870. The van der Waals surface area contributed by atoms with E-state index in [2.05, 4.69) is 12.2 Å². The van der Waals surface area contributed by atoms with E-state index < -0.39 is 20.0 Å². The largest absolute Gasteiger partial charge is 0.756 e. The molecular weight excluding hydrogens is 347 g/mol. The number of aliphatic hydroxyl groups excluding tert-OH is 1. The Hall–Kier alpha value is -0.500. The van der Waals surface area contributed by atoms with E-state index in [9.17, 15) is 19.4 Å². The van der Waals surface area contributed by atoms with Gasteiger partial charge < -0.3 is 28.8 Å². The number of unbranched alkanes of at least 4 members (excludes halogenated alkanes) is 3. The molecule has 0 aromatic heterocycles. The average Bonchev–Trinajstić information content (AvgIpc) is 2.45. The van der Waals surface area contributed by atoms with Gasteiger partial charge in [-0.3, -0.25) is 9.36 Å². The first-order valence-corrected chi connectivity index (χ1v) is 10.3. The molecule has 0 rings (SSSR count). The van der Waals surface area contributed by atoms with E-state index >= 15 is 0 Å². The molecule has 0 spiro atoms. The topological polar surface area (TPSA) is 108 Å². The molecule has 0 fully saturated rings. The van der Waals surface area contributed by atoms with Gasteiger partial charge in [0.15, 0.2) is 0 Å². The lowest BCUT2D eigenvalue weighted by Gasteiger charge is -2.29. The summed E-state index contributed by atoms with van der Waals surface area (Å²) in [5, 5.41) is 12.7. The summed E-state index contributed by atoms with van der Waals surface area (Å²) < 4.78 is 22.0. The third-order valence-electron chi connectivity index (χ3n) is 3.63. The molecule has 9 heteroatoms. The van der Waals surface area contributed by atoms with Crippen LogP contribution in [-0.2, 0) is 18.4 Å². The van der Waals surface area contributed by atoms with Crippen molar-refractivity contribution in [1.29, 1.82) is 0 Å². The highest BCUT2D eigenvalue weighted by atomic mass is 31.2. The molecule has 150 valence electrons. The predicted octanol–water partition coefficient (Wildman–Crippen LogP) is 1.03. The smallest absolute Gasteiger partial charge is 0.268 e. The van der Waals surface area contributed by atoms with E-state index in [1.807, 2.05) is 21.1 Å². The lowest BCUT2D eigenvalue weighted by atomic mass is 10.0. The lowest BCUT2D eigenvalue weighted by Crippen LogP contribution is -2.45. The minimum Gasteiger partial charge on any atom is -0.756 e. The van der Waals surface area contributed by atoms with Gasteiger partial charge in [0, 0.05) is 6.92 Å². The van der Waals surface area contributed by atoms with Crippen molar-refractivity contribution >= 4 is 13.7 Å². The molecule has 25 heavy (non-hydrogen) atoms. The van der Waals surface area contributed by atoms with Crippen LogP contribution in [0.4, 0.5) is 0 Å². The van der Waals surface area contributed by atoms with Gasteiger partial charge in [0.25, 0.3) is 7.82 Å². The standard InChI is InChI=1S/C16H35N2O6P/c1-6-7-8-9-10-16(20)15(17-14(2)19)13-24-25(21,22)23-12-11-18(3,4)5/h15-16,20H,6-13H2,1-5H3,(H-,17,19,21,22). The van der Waals surface area contributed by atoms with Crippen molar-refractivity contribution in [3.63, 3.8) is 0 Å². The van der Waals surface area contributed by atoms with Crippen LogP contribution in [0.3, 0.4) is 0 Å². The summed E-state index contributed by atoms with van der Waals surface area (Å²) in [4.78, 5) is 23.1. The summed E-state index contributed by atoms with van der Waals surface area (Å²) in [7, 11) is 1.28. The number of hydrogen-bond acceptors (Lipinski definition) is 6. The number of quaternary nitrogens is 1. The van der Waals surface area contributed by atoms with E-state index in [1.54, 1.807) is 0 Å². The van der Waals surface area contributed by atoms with Gasteiger partial charge in [-0.1, -0.05) is 32.6 Å². The summed E-state index contributed by atoms with van der Waals surface area (Å²) in [6.07, 6.45) is 3.55. The molecule has 0 saturated heterocycles. The number of phosphoric ester groups is 1. The molecule has 2 N–H and O–H groups in total. The van der Waals surface area contributed by atoms with Gasteiger partial charge in [-0.15, -0.1) is 0 Å². The third-order valence-corrected chi connectivity index (χ3v) is 4.59. The number of hydrogen-bond donors (Lipinski definition) is 2. The fourth-order valence-corrected chi connectivity index (χ4v) is 2.85. The Bertz CT molecular complexity index is 427. The van der Waals surface area contributed by atoms with Crippen LogP contribution in [0.5, 0.6) is 0 Å². The maximum absolute atomic E-state index is 11.8. The van der Waals surface area contributed by atoms with Gasteiger partial charge >= 0.3 is 0 Å². The van der Waals surface area contributed by atoms with Crippen molar-refractivity contribution in [1.82, 2.24) is 5.32 Å². The molecule has 0 heterocycles. The van der Waals surface area contributed by atoms with Crippen LogP contribution in [-0.4, -0.2) is 68.5 Å². The number of carbonyl (C=O) groups is 1. The van der Waals surface area contributed by atoms with Crippen LogP contribution >= 0.6 is 7.82 Å². The Morgan fingerprint density at radius 1 is 1.24 bits per heavy atom. The van der Waals surface area contributed by atoms with E-state index in [4.69, 9.17) is 9.05 Å². The zero-order valence-electron chi connectivity index (χ0n) is 16.2. The number of likely N-dealkylation sites (N-methyl/N-ethyl adjacent to an activating group) is 1. The monoisotopic (exact) mass is 382 g/mol. The molecule has 0 aromatic rings. The highest BCUT2D eigenvalue weighted by Gasteiger charge is 2.23. The second-order valence-corrected chi connectivity index (χ2v) is 8.72. The summed E-state index contributed by atoms with van der Waals surface area (Å²) in [6, 6.07) is -0.789. The highest BCUT2D eigenvalue weighted by molar-refractivity contribution is 7.45. The zero-order chi connectivity index (χ0) is 19.5. The molecular formula is C16H35N2O6P. The third kappa shape index (κ3) is 14.4. The molecule has 0 aliphatic rings. The van der Waals surface area contributed by atoms with E-state index in [0.717, 1.165) is 25.7 Å². The molecule has 0 saturated carbocycles. The van der Waals surface area contributed by atoms with Crippen LogP contribution in [0, 0.1) is 0 Å². The van der Waals surface area contributed by atoms with Crippen LogP contribution in [0.2, 0.25) is 0 Å². The van der Waals surface area contributed by atoms with Crippen LogP contribution in [0.15, 0.2) is 0 Å². The summed E-state index contributed by atoms with van der Waals surface area (Å²) in [5.74, 6) is -0.354. The predicted molar refractivity (Wildman–Crippen MR) is 94.8 cm³/mol. The molecule has 0 aliphatic carbocycles. The number of rotatable bonds is 14. The molecule has 0 aromatic carbocycles. The molecule has 3 atom stereocenters. The van der Waals surface area contributed by atoms with E-state index in [-0.39, 0.29) is 19.1 Å². The van der Waals surface area contributed by atoms with Gasteiger partial charge in [0.05, 0.1) is 39.9 Å². The Labute approximate surface area is 151 Å². The fourth-order valence-electron chi connectivity index (χ4n) is 2.13. The number of amides is 1. The van der Waals surface area contributed by atoms with E-state index in [1.165, 1.54) is 6.92 Å².